The first-order valence-corrected chi connectivity index (χ1v) is 9.93. The van der Waals surface area contributed by atoms with E-state index in [2.05, 4.69) is 42.2 Å². The lowest BCUT2D eigenvalue weighted by Crippen LogP contribution is -2.33. The fraction of sp³-hybridized carbons (Fsp3) is 0.304. The van der Waals surface area contributed by atoms with Gasteiger partial charge in [0.05, 0.1) is 17.7 Å². The van der Waals surface area contributed by atoms with E-state index >= 15 is 0 Å². The van der Waals surface area contributed by atoms with Crippen LogP contribution in [0.25, 0.3) is 10.9 Å². The maximum absolute atomic E-state index is 12.0. The molecule has 1 amide bonds. The van der Waals surface area contributed by atoms with Crippen molar-refractivity contribution in [2.45, 2.75) is 26.3 Å². The summed E-state index contributed by atoms with van der Waals surface area (Å²) in [5.74, 6) is 0. The van der Waals surface area contributed by atoms with Crippen LogP contribution in [-0.2, 0) is 24.1 Å². The monoisotopic (exact) mass is 373 g/mol. The number of fused-ring (bicyclic) bond motifs is 2. The first-order valence-electron chi connectivity index (χ1n) is 9.93. The second kappa shape index (κ2) is 6.82. The van der Waals surface area contributed by atoms with E-state index in [0.717, 1.165) is 42.8 Å². The maximum atomic E-state index is 12.0. The molecular formula is C23H23N3O2. The number of aryl methyl sites for hydroxylation is 1. The van der Waals surface area contributed by atoms with Crippen LogP contribution in [0.4, 0.5) is 16.2 Å². The number of carbonyl (C=O) groups excluding carboxylic acids is 1. The number of nitrogens with zero attached hydrogens (tertiary/aromatic N) is 3. The lowest BCUT2D eigenvalue weighted by Gasteiger charge is -2.33. The number of pyridine rings is 1. The van der Waals surface area contributed by atoms with E-state index in [1.807, 2.05) is 18.2 Å². The van der Waals surface area contributed by atoms with E-state index in [9.17, 15) is 4.79 Å². The average Bonchev–Trinajstić information content (AvgIpc) is 3.17. The van der Waals surface area contributed by atoms with Gasteiger partial charge in [0.1, 0.15) is 6.61 Å². The van der Waals surface area contributed by atoms with Crippen LogP contribution in [-0.4, -0.2) is 30.8 Å². The van der Waals surface area contributed by atoms with Crippen molar-refractivity contribution in [3.8, 4) is 0 Å². The molecule has 2 aliphatic heterocycles. The first-order chi connectivity index (χ1) is 13.7. The number of rotatable bonds is 3. The van der Waals surface area contributed by atoms with Crippen molar-refractivity contribution >= 4 is 28.4 Å². The van der Waals surface area contributed by atoms with Crippen LogP contribution >= 0.6 is 0 Å². The van der Waals surface area contributed by atoms with Gasteiger partial charge in [0.25, 0.3) is 0 Å². The Labute approximate surface area is 164 Å². The summed E-state index contributed by atoms with van der Waals surface area (Å²) in [6.07, 6.45) is 1.60. The number of hydrogen-bond acceptors (Lipinski definition) is 4. The Balaban J connectivity index is 1.54. The number of amides is 1. The molecule has 2 aromatic carbocycles. The largest absolute Gasteiger partial charge is 0.447 e. The van der Waals surface area contributed by atoms with E-state index in [0.29, 0.717) is 13.2 Å². The van der Waals surface area contributed by atoms with Crippen molar-refractivity contribution in [3.05, 3.63) is 65.4 Å². The van der Waals surface area contributed by atoms with Gasteiger partial charge in [0.2, 0.25) is 0 Å². The zero-order valence-corrected chi connectivity index (χ0v) is 16.0. The van der Waals surface area contributed by atoms with E-state index < -0.39 is 0 Å². The van der Waals surface area contributed by atoms with Crippen molar-refractivity contribution in [3.63, 3.8) is 0 Å². The molecule has 5 rings (SSSR count). The van der Waals surface area contributed by atoms with Gasteiger partial charge in [-0.1, -0.05) is 37.3 Å². The van der Waals surface area contributed by atoms with E-state index in [1.165, 1.54) is 22.2 Å². The molecule has 1 fully saturated rings. The molecule has 3 aromatic rings. The molecule has 0 aliphatic carbocycles. The lowest BCUT2D eigenvalue weighted by molar-refractivity contribution is 0.181. The van der Waals surface area contributed by atoms with Crippen LogP contribution in [0.15, 0.2) is 48.5 Å². The number of ether oxygens (including phenoxy) is 1. The van der Waals surface area contributed by atoms with E-state index in [1.54, 1.807) is 4.90 Å². The molecule has 0 unspecified atom stereocenters. The Bertz CT molecular complexity index is 1060. The molecule has 5 heteroatoms. The van der Waals surface area contributed by atoms with Crippen LogP contribution < -0.4 is 9.80 Å². The minimum Gasteiger partial charge on any atom is -0.447 e. The van der Waals surface area contributed by atoms with Crippen molar-refractivity contribution in [2.24, 2.45) is 0 Å². The summed E-state index contributed by atoms with van der Waals surface area (Å²) < 4.78 is 5.14. The Kier molecular flexibility index (Phi) is 4.15. The Morgan fingerprint density at radius 3 is 2.79 bits per heavy atom. The van der Waals surface area contributed by atoms with Gasteiger partial charge >= 0.3 is 6.09 Å². The van der Waals surface area contributed by atoms with Crippen LogP contribution in [0, 0.1) is 0 Å². The quantitative estimate of drug-likeness (QED) is 0.686. The van der Waals surface area contributed by atoms with Gasteiger partial charge in [0.15, 0.2) is 0 Å². The van der Waals surface area contributed by atoms with E-state index in [-0.39, 0.29) is 6.09 Å². The zero-order valence-electron chi connectivity index (χ0n) is 16.0. The molecule has 0 atom stereocenters. The fourth-order valence-corrected chi connectivity index (χ4v) is 4.31. The topological polar surface area (TPSA) is 45.7 Å². The highest BCUT2D eigenvalue weighted by Gasteiger charge is 2.28. The highest BCUT2D eigenvalue weighted by atomic mass is 16.6. The SMILES string of the molecule is CCc1cc(N2CCc3c(cccc3N3CCOC3=O)C2)c2ccccc2n1. The predicted molar refractivity (Wildman–Crippen MR) is 111 cm³/mol. The molecule has 1 aromatic heterocycles. The molecule has 0 radical (unpaired) electrons. The van der Waals surface area contributed by atoms with Gasteiger partial charge in [-0.15, -0.1) is 0 Å². The maximum Gasteiger partial charge on any atom is 0.414 e. The molecule has 0 N–H and O–H groups in total. The third kappa shape index (κ3) is 2.78. The van der Waals surface area contributed by atoms with Gasteiger partial charge in [-0.25, -0.2) is 4.79 Å². The number of para-hydroxylation sites is 1. The fourth-order valence-electron chi connectivity index (χ4n) is 4.31. The van der Waals surface area contributed by atoms with Gasteiger partial charge in [-0.05, 0) is 42.2 Å². The Hall–Kier alpha value is -3.08. The number of aromatic nitrogens is 1. The summed E-state index contributed by atoms with van der Waals surface area (Å²) in [7, 11) is 0. The van der Waals surface area contributed by atoms with Crippen LogP contribution in [0.1, 0.15) is 23.7 Å². The van der Waals surface area contributed by atoms with Crippen LogP contribution in [0.2, 0.25) is 0 Å². The minimum atomic E-state index is -0.233. The third-order valence-corrected chi connectivity index (χ3v) is 5.74. The lowest BCUT2D eigenvalue weighted by atomic mass is 9.96. The summed E-state index contributed by atoms with van der Waals surface area (Å²) in [4.78, 5) is 21.0. The number of anilines is 2. The van der Waals surface area contributed by atoms with Crippen molar-refractivity contribution in [1.29, 1.82) is 0 Å². The van der Waals surface area contributed by atoms with Gasteiger partial charge < -0.3 is 9.64 Å². The molecule has 0 saturated carbocycles. The predicted octanol–water partition coefficient (Wildman–Crippen LogP) is 4.32. The van der Waals surface area contributed by atoms with Gasteiger partial charge in [-0.2, -0.15) is 0 Å². The Morgan fingerprint density at radius 2 is 1.96 bits per heavy atom. The van der Waals surface area contributed by atoms with Crippen molar-refractivity contribution in [1.82, 2.24) is 4.98 Å². The third-order valence-electron chi connectivity index (χ3n) is 5.74. The summed E-state index contributed by atoms with van der Waals surface area (Å²) in [5, 5.41) is 1.20. The minimum absolute atomic E-state index is 0.233. The molecule has 28 heavy (non-hydrogen) atoms. The molecule has 142 valence electrons. The van der Waals surface area contributed by atoms with Gasteiger partial charge in [-0.3, -0.25) is 9.88 Å². The van der Waals surface area contributed by atoms with Crippen LogP contribution in [0.5, 0.6) is 0 Å². The second-order valence-corrected chi connectivity index (χ2v) is 7.36. The van der Waals surface area contributed by atoms with Crippen molar-refractivity contribution < 1.29 is 9.53 Å². The molecule has 1 saturated heterocycles. The standard InChI is InChI=1S/C23H23N3O2/c1-2-17-14-22(19-7-3-4-8-20(19)24-17)25-11-10-18-16(15-25)6-5-9-21(18)26-12-13-28-23(26)27/h3-9,14H,2,10-13,15H2,1H3. The number of benzene rings is 2. The molecule has 3 heterocycles. The zero-order chi connectivity index (χ0) is 19.1. The average molecular weight is 373 g/mol. The number of cyclic esters (lactones) is 1. The molecule has 5 nitrogen and oxygen atoms in total. The second-order valence-electron chi connectivity index (χ2n) is 7.36. The molecular weight excluding hydrogens is 350 g/mol. The summed E-state index contributed by atoms with van der Waals surface area (Å²) in [6, 6.07) is 16.9. The summed E-state index contributed by atoms with van der Waals surface area (Å²) in [5.41, 5.74) is 6.98. The number of hydrogen-bond donors (Lipinski definition) is 0. The first kappa shape index (κ1) is 17.0. The number of carbonyl (C=O) groups is 1. The van der Waals surface area contributed by atoms with Crippen molar-refractivity contribution in [2.75, 3.05) is 29.5 Å². The van der Waals surface area contributed by atoms with Crippen LogP contribution in [0.3, 0.4) is 0 Å². The highest BCUT2D eigenvalue weighted by Crippen LogP contribution is 2.35. The van der Waals surface area contributed by atoms with Gasteiger partial charge in [0, 0.05) is 29.9 Å². The summed E-state index contributed by atoms with van der Waals surface area (Å²) >= 11 is 0. The smallest absolute Gasteiger partial charge is 0.414 e. The Morgan fingerprint density at radius 1 is 1.07 bits per heavy atom. The molecule has 0 bridgehead atoms. The molecule has 2 aliphatic rings. The van der Waals surface area contributed by atoms with E-state index in [4.69, 9.17) is 9.72 Å². The normalized spacial score (nSPS) is 16.4. The molecule has 0 spiro atoms. The highest BCUT2D eigenvalue weighted by molar-refractivity contribution is 5.93. The summed E-state index contributed by atoms with van der Waals surface area (Å²) in [6.45, 7) is 5.01.